The first kappa shape index (κ1) is 23.3. The number of hydrogen-bond donors (Lipinski definition) is 1. The van der Waals surface area contributed by atoms with E-state index in [0.29, 0.717) is 11.4 Å². The van der Waals surface area contributed by atoms with Gasteiger partial charge in [-0.15, -0.1) is 0 Å². The number of hydrogen-bond acceptors (Lipinski definition) is 4. The van der Waals surface area contributed by atoms with Crippen molar-refractivity contribution < 1.29 is 17.9 Å². The average molecular weight is 453 g/mol. The van der Waals surface area contributed by atoms with Gasteiger partial charge in [-0.1, -0.05) is 49.4 Å². The zero-order valence-corrected chi connectivity index (χ0v) is 19.3. The second kappa shape index (κ2) is 10.3. The topological polar surface area (TPSA) is 75.7 Å². The van der Waals surface area contributed by atoms with Crippen LogP contribution in [0.1, 0.15) is 31.0 Å². The van der Waals surface area contributed by atoms with E-state index in [9.17, 15) is 13.2 Å². The summed E-state index contributed by atoms with van der Waals surface area (Å²) in [5.41, 5.74) is 2.59. The minimum absolute atomic E-state index is 0.0816. The molecule has 0 aromatic heterocycles. The van der Waals surface area contributed by atoms with Crippen LogP contribution in [0, 0.1) is 0 Å². The van der Waals surface area contributed by atoms with Crippen LogP contribution < -0.4 is 14.4 Å². The molecule has 0 aliphatic heterocycles. The maximum Gasteiger partial charge on any atom is 0.264 e. The van der Waals surface area contributed by atoms with Crippen LogP contribution in [-0.4, -0.2) is 28.0 Å². The lowest BCUT2D eigenvalue weighted by Crippen LogP contribution is -2.41. The number of nitrogens with one attached hydrogen (secondary N) is 1. The van der Waals surface area contributed by atoms with E-state index in [0.717, 1.165) is 16.3 Å². The smallest absolute Gasteiger partial charge is 0.264 e. The van der Waals surface area contributed by atoms with Crippen LogP contribution in [0.3, 0.4) is 0 Å². The van der Waals surface area contributed by atoms with Crippen LogP contribution in [-0.2, 0) is 21.2 Å². The Hall–Kier alpha value is -3.32. The molecule has 0 saturated heterocycles. The highest BCUT2D eigenvalue weighted by atomic mass is 32.2. The normalized spacial score (nSPS) is 12.1. The summed E-state index contributed by atoms with van der Waals surface area (Å²) in [6.07, 6.45) is 0.941. The first-order valence-electron chi connectivity index (χ1n) is 10.4. The van der Waals surface area contributed by atoms with Gasteiger partial charge in [-0.05, 0) is 60.9 Å². The number of amides is 1. The van der Waals surface area contributed by atoms with Gasteiger partial charge in [-0.25, -0.2) is 8.42 Å². The van der Waals surface area contributed by atoms with Gasteiger partial charge in [0.2, 0.25) is 5.91 Å². The molecule has 3 aromatic carbocycles. The van der Waals surface area contributed by atoms with Gasteiger partial charge in [0.1, 0.15) is 12.3 Å². The predicted molar refractivity (Wildman–Crippen MR) is 126 cm³/mol. The predicted octanol–water partition coefficient (Wildman–Crippen LogP) is 4.33. The minimum atomic E-state index is -3.97. The van der Waals surface area contributed by atoms with Gasteiger partial charge < -0.3 is 10.1 Å². The van der Waals surface area contributed by atoms with Crippen molar-refractivity contribution >= 4 is 21.6 Å². The molecule has 1 N–H and O–H groups in total. The van der Waals surface area contributed by atoms with Gasteiger partial charge in [0.05, 0.1) is 23.7 Å². The van der Waals surface area contributed by atoms with E-state index in [1.54, 1.807) is 42.5 Å². The first-order valence-corrected chi connectivity index (χ1v) is 11.9. The fraction of sp³-hybridized carbons (Fsp3) is 0.240. The SMILES string of the molecule is CCc1ccc([C@@H](C)NC(=O)CN(c2ccccc2)S(=O)(=O)c2ccc(OC)cc2)cc1. The molecule has 0 spiro atoms. The minimum Gasteiger partial charge on any atom is -0.497 e. The summed E-state index contributed by atoms with van der Waals surface area (Å²) in [6, 6.07) is 22.5. The lowest BCUT2D eigenvalue weighted by molar-refractivity contribution is -0.120. The molecule has 0 radical (unpaired) electrons. The number of rotatable bonds is 9. The molecule has 0 aliphatic rings. The number of aryl methyl sites for hydroxylation is 1. The van der Waals surface area contributed by atoms with Crippen LogP contribution in [0.2, 0.25) is 0 Å². The van der Waals surface area contributed by atoms with E-state index in [-0.39, 0.29) is 17.5 Å². The van der Waals surface area contributed by atoms with Crippen LogP contribution in [0.5, 0.6) is 5.75 Å². The summed E-state index contributed by atoms with van der Waals surface area (Å²) in [4.78, 5) is 13.0. The molecule has 0 fully saturated rings. The molecule has 0 unspecified atom stereocenters. The van der Waals surface area contributed by atoms with E-state index in [4.69, 9.17) is 4.74 Å². The van der Waals surface area contributed by atoms with Crippen molar-refractivity contribution in [1.82, 2.24) is 5.32 Å². The fourth-order valence-electron chi connectivity index (χ4n) is 3.33. The Bertz CT molecular complexity index is 1130. The van der Waals surface area contributed by atoms with Crippen molar-refractivity contribution in [2.24, 2.45) is 0 Å². The molecule has 0 aliphatic carbocycles. The van der Waals surface area contributed by atoms with Gasteiger partial charge in [0.15, 0.2) is 0 Å². The molecule has 1 atom stereocenters. The average Bonchev–Trinajstić information content (AvgIpc) is 2.83. The number of anilines is 1. The number of benzene rings is 3. The van der Waals surface area contributed by atoms with E-state index in [1.807, 2.05) is 31.2 Å². The quantitative estimate of drug-likeness (QED) is 0.524. The van der Waals surface area contributed by atoms with E-state index in [2.05, 4.69) is 12.2 Å². The summed E-state index contributed by atoms with van der Waals surface area (Å²) < 4.78 is 33.0. The third-order valence-electron chi connectivity index (χ3n) is 5.24. The Morgan fingerprint density at radius 3 is 2.16 bits per heavy atom. The molecule has 3 rings (SSSR count). The number of nitrogens with zero attached hydrogens (tertiary/aromatic N) is 1. The van der Waals surface area contributed by atoms with Crippen LogP contribution in [0.25, 0.3) is 0 Å². The standard InChI is InChI=1S/C25H28N2O4S/c1-4-20-10-12-21(13-11-20)19(2)26-25(28)18-27(22-8-6-5-7-9-22)32(29,30)24-16-14-23(31-3)15-17-24/h5-17,19H,4,18H2,1-3H3,(H,26,28)/t19-/m1/s1. The molecule has 7 heteroatoms. The number of methoxy groups -OCH3 is 1. The Labute approximate surface area is 189 Å². The van der Waals surface area contributed by atoms with Crippen molar-refractivity contribution in [2.75, 3.05) is 18.0 Å². The molecular formula is C25H28N2O4S. The summed E-state index contributed by atoms with van der Waals surface area (Å²) >= 11 is 0. The molecule has 3 aromatic rings. The summed E-state index contributed by atoms with van der Waals surface area (Å²) in [5, 5.41) is 2.91. The lowest BCUT2D eigenvalue weighted by Gasteiger charge is -2.25. The number of carbonyl (C=O) groups is 1. The van der Waals surface area contributed by atoms with Crippen molar-refractivity contribution in [2.45, 2.75) is 31.2 Å². The highest BCUT2D eigenvalue weighted by molar-refractivity contribution is 7.92. The summed E-state index contributed by atoms with van der Waals surface area (Å²) in [7, 11) is -2.45. The zero-order valence-electron chi connectivity index (χ0n) is 18.5. The molecular weight excluding hydrogens is 424 g/mol. The monoisotopic (exact) mass is 452 g/mol. The van der Waals surface area contributed by atoms with Gasteiger partial charge in [0, 0.05) is 0 Å². The van der Waals surface area contributed by atoms with Crippen LogP contribution >= 0.6 is 0 Å². The maximum atomic E-state index is 13.4. The van der Waals surface area contributed by atoms with Crippen molar-refractivity contribution in [1.29, 1.82) is 0 Å². The van der Waals surface area contributed by atoms with E-state index >= 15 is 0 Å². The van der Waals surface area contributed by atoms with Gasteiger partial charge in [-0.3, -0.25) is 9.10 Å². The van der Waals surface area contributed by atoms with Crippen LogP contribution in [0.15, 0.2) is 83.8 Å². The Kier molecular flexibility index (Phi) is 7.53. The van der Waals surface area contributed by atoms with Crippen molar-refractivity contribution in [3.63, 3.8) is 0 Å². The van der Waals surface area contributed by atoms with Gasteiger partial charge in [0.25, 0.3) is 10.0 Å². The fourth-order valence-corrected chi connectivity index (χ4v) is 4.75. The molecule has 32 heavy (non-hydrogen) atoms. The Balaban J connectivity index is 1.83. The Morgan fingerprint density at radius 1 is 0.969 bits per heavy atom. The highest BCUT2D eigenvalue weighted by Crippen LogP contribution is 2.25. The zero-order chi connectivity index (χ0) is 23.1. The van der Waals surface area contributed by atoms with Crippen molar-refractivity contribution in [3.05, 3.63) is 90.0 Å². The summed E-state index contributed by atoms with van der Waals surface area (Å²) in [5.74, 6) is 0.161. The van der Waals surface area contributed by atoms with E-state index in [1.165, 1.54) is 24.8 Å². The van der Waals surface area contributed by atoms with E-state index < -0.39 is 15.9 Å². The number of sulfonamides is 1. The summed E-state index contributed by atoms with van der Waals surface area (Å²) in [6.45, 7) is 3.63. The van der Waals surface area contributed by atoms with Gasteiger partial charge in [-0.2, -0.15) is 0 Å². The third-order valence-corrected chi connectivity index (χ3v) is 7.03. The first-order chi connectivity index (χ1) is 15.3. The molecule has 168 valence electrons. The van der Waals surface area contributed by atoms with Crippen LogP contribution in [0.4, 0.5) is 5.69 Å². The number of para-hydroxylation sites is 1. The largest absolute Gasteiger partial charge is 0.497 e. The maximum absolute atomic E-state index is 13.4. The second-order valence-corrected chi connectivity index (χ2v) is 9.27. The third kappa shape index (κ3) is 5.48. The van der Waals surface area contributed by atoms with Gasteiger partial charge >= 0.3 is 0 Å². The number of carbonyl (C=O) groups excluding carboxylic acids is 1. The highest BCUT2D eigenvalue weighted by Gasteiger charge is 2.27. The number of ether oxygens (including phenoxy) is 1. The second-order valence-electron chi connectivity index (χ2n) is 7.41. The lowest BCUT2D eigenvalue weighted by atomic mass is 10.1. The molecule has 0 saturated carbocycles. The Morgan fingerprint density at radius 2 is 1.59 bits per heavy atom. The molecule has 1 amide bonds. The molecule has 0 heterocycles. The molecule has 6 nitrogen and oxygen atoms in total. The molecule has 0 bridgehead atoms. The van der Waals surface area contributed by atoms with Crippen molar-refractivity contribution in [3.8, 4) is 5.75 Å².